The first-order valence-electron chi connectivity index (χ1n) is 6.31. The van der Waals surface area contributed by atoms with Crippen molar-refractivity contribution in [3.05, 3.63) is 35.1 Å². The van der Waals surface area contributed by atoms with Crippen LogP contribution in [-0.2, 0) is 6.54 Å². The molecule has 17 heavy (non-hydrogen) atoms. The molecule has 2 nitrogen and oxygen atoms in total. The normalized spacial score (nSPS) is 21.3. The number of halogens is 1. The first-order chi connectivity index (χ1) is 8.16. The molecular formula is C14H17FN2. The Morgan fingerprint density at radius 1 is 1.41 bits per heavy atom. The van der Waals surface area contributed by atoms with E-state index in [1.165, 1.54) is 31.4 Å². The number of nitrogens with zero attached hydrogens (tertiary/aromatic N) is 1. The van der Waals surface area contributed by atoms with E-state index in [2.05, 4.69) is 11.8 Å². The molecule has 1 saturated carbocycles. The van der Waals surface area contributed by atoms with E-state index in [9.17, 15) is 4.39 Å². The highest BCUT2D eigenvalue weighted by Crippen LogP contribution is 2.44. The minimum absolute atomic E-state index is 0.173. The lowest BCUT2D eigenvalue weighted by atomic mass is 9.73. The molecule has 0 atom stereocenters. The molecule has 1 aromatic rings. The number of amidine groups is 1. The largest absolute Gasteiger partial charge is 0.347 e. The Bertz CT molecular complexity index is 472. The smallest absolute Gasteiger partial charge is 0.129 e. The lowest BCUT2D eigenvalue weighted by molar-refractivity contribution is 0.0701. The molecule has 0 unspecified atom stereocenters. The molecule has 1 N–H and O–H groups in total. The maximum absolute atomic E-state index is 13.2. The van der Waals surface area contributed by atoms with Crippen molar-refractivity contribution in [1.82, 2.24) is 4.90 Å². The van der Waals surface area contributed by atoms with Crippen LogP contribution in [0.3, 0.4) is 0 Å². The van der Waals surface area contributed by atoms with Gasteiger partial charge in [-0.3, -0.25) is 5.41 Å². The van der Waals surface area contributed by atoms with Gasteiger partial charge in [-0.2, -0.15) is 0 Å². The van der Waals surface area contributed by atoms with E-state index >= 15 is 0 Å². The van der Waals surface area contributed by atoms with Crippen LogP contribution >= 0.6 is 0 Å². The molecule has 1 aliphatic carbocycles. The van der Waals surface area contributed by atoms with Crippen LogP contribution in [0.5, 0.6) is 0 Å². The summed E-state index contributed by atoms with van der Waals surface area (Å²) in [5.74, 6) is 0.274. The maximum atomic E-state index is 13.2. The van der Waals surface area contributed by atoms with E-state index in [0.717, 1.165) is 24.1 Å². The fourth-order valence-electron chi connectivity index (χ4n) is 3.11. The van der Waals surface area contributed by atoms with Crippen molar-refractivity contribution >= 4 is 5.84 Å². The molecule has 1 fully saturated rings. The summed E-state index contributed by atoms with van der Waals surface area (Å²) in [6.07, 6.45) is 4.67. The van der Waals surface area contributed by atoms with Crippen molar-refractivity contribution in [1.29, 1.82) is 5.41 Å². The Kier molecular flexibility index (Phi) is 2.25. The van der Waals surface area contributed by atoms with Crippen molar-refractivity contribution < 1.29 is 4.39 Å². The van der Waals surface area contributed by atoms with Gasteiger partial charge in [-0.15, -0.1) is 0 Å². The van der Waals surface area contributed by atoms with Crippen LogP contribution in [0.4, 0.5) is 4.39 Å². The van der Waals surface area contributed by atoms with Crippen LogP contribution in [0.2, 0.25) is 0 Å². The van der Waals surface area contributed by atoms with Crippen LogP contribution < -0.4 is 0 Å². The number of benzene rings is 1. The maximum Gasteiger partial charge on any atom is 0.129 e. The summed E-state index contributed by atoms with van der Waals surface area (Å²) in [7, 11) is 0. The van der Waals surface area contributed by atoms with Crippen LogP contribution in [0.15, 0.2) is 18.2 Å². The number of hydrogen-bond acceptors (Lipinski definition) is 1. The zero-order valence-corrected chi connectivity index (χ0v) is 10.1. The highest BCUT2D eigenvalue weighted by molar-refractivity contribution is 6.00. The molecule has 1 aliphatic heterocycles. The van der Waals surface area contributed by atoms with Gasteiger partial charge in [0.25, 0.3) is 0 Å². The molecule has 0 radical (unpaired) electrons. The second-order valence-electron chi connectivity index (χ2n) is 5.17. The van der Waals surface area contributed by atoms with Crippen molar-refractivity contribution in [3.63, 3.8) is 0 Å². The predicted molar refractivity (Wildman–Crippen MR) is 65.6 cm³/mol. The van der Waals surface area contributed by atoms with E-state index < -0.39 is 0 Å². The van der Waals surface area contributed by atoms with Gasteiger partial charge < -0.3 is 4.90 Å². The van der Waals surface area contributed by atoms with E-state index in [4.69, 9.17) is 5.41 Å². The monoisotopic (exact) mass is 232 g/mol. The van der Waals surface area contributed by atoms with Gasteiger partial charge in [0.15, 0.2) is 0 Å². The van der Waals surface area contributed by atoms with Crippen molar-refractivity contribution in [2.45, 2.75) is 44.7 Å². The second kappa shape index (κ2) is 3.56. The number of fused-ring (bicyclic) bond motifs is 1. The summed E-state index contributed by atoms with van der Waals surface area (Å²) in [5.41, 5.74) is 2.05. The SMILES string of the molecule is CCC1(N2Cc3ccc(F)cc3C2=N)CCC1. The topological polar surface area (TPSA) is 27.1 Å². The van der Waals surface area contributed by atoms with Crippen LogP contribution in [0.25, 0.3) is 0 Å². The van der Waals surface area contributed by atoms with E-state index in [1.807, 2.05) is 6.07 Å². The molecule has 0 aromatic heterocycles. The fourth-order valence-corrected chi connectivity index (χ4v) is 3.11. The van der Waals surface area contributed by atoms with Gasteiger partial charge in [-0.1, -0.05) is 13.0 Å². The van der Waals surface area contributed by atoms with E-state index in [1.54, 1.807) is 0 Å². The minimum Gasteiger partial charge on any atom is -0.347 e. The van der Waals surface area contributed by atoms with E-state index in [-0.39, 0.29) is 11.4 Å². The summed E-state index contributed by atoms with van der Waals surface area (Å²) in [4.78, 5) is 2.18. The summed E-state index contributed by atoms with van der Waals surface area (Å²) >= 11 is 0. The van der Waals surface area contributed by atoms with Gasteiger partial charge >= 0.3 is 0 Å². The summed E-state index contributed by atoms with van der Waals surface area (Å²) < 4.78 is 13.2. The fraction of sp³-hybridized carbons (Fsp3) is 0.500. The molecule has 90 valence electrons. The first-order valence-corrected chi connectivity index (χ1v) is 6.31. The van der Waals surface area contributed by atoms with Crippen LogP contribution in [0, 0.1) is 11.2 Å². The quantitative estimate of drug-likeness (QED) is 0.832. The second-order valence-corrected chi connectivity index (χ2v) is 5.17. The molecule has 3 rings (SSSR count). The number of hydrogen-bond donors (Lipinski definition) is 1. The lowest BCUT2D eigenvalue weighted by Gasteiger charge is -2.49. The van der Waals surface area contributed by atoms with Crippen molar-refractivity contribution in [2.24, 2.45) is 0 Å². The Morgan fingerprint density at radius 3 is 2.76 bits per heavy atom. The lowest BCUT2D eigenvalue weighted by Crippen LogP contribution is -2.53. The van der Waals surface area contributed by atoms with Gasteiger partial charge in [-0.05, 0) is 43.4 Å². The highest BCUT2D eigenvalue weighted by atomic mass is 19.1. The highest BCUT2D eigenvalue weighted by Gasteiger charge is 2.44. The summed E-state index contributed by atoms with van der Waals surface area (Å²) in [5, 5.41) is 8.24. The van der Waals surface area contributed by atoms with Crippen molar-refractivity contribution in [3.8, 4) is 0 Å². The third-order valence-electron chi connectivity index (χ3n) is 4.44. The Balaban J connectivity index is 1.96. The van der Waals surface area contributed by atoms with Crippen LogP contribution in [-0.4, -0.2) is 16.3 Å². The van der Waals surface area contributed by atoms with Crippen LogP contribution in [0.1, 0.15) is 43.7 Å². The average Bonchev–Trinajstić information content (AvgIpc) is 2.57. The minimum atomic E-state index is -0.241. The molecule has 0 spiro atoms. The number of rotatable bonds is 2. The zero-order valence-electron chi connectivity index (χ0n) is 10.1. The number of nitrogens with one attached hydrogen (secondary N) is 1. The third kappa shape index (κ3) is 1.41. The Labute approximate surface area is 101 Å². The molecule has 1 heterocycles. The average molecular weight is 232 g/mol. The molecule has 0 bridgehead atoms. The summed E-state index contributed by atoms with van der Waals surface area (Å²) in [6, 6.07) is 4.82. The summed E-state index contributed by atoms with van der Waals surface area (Å²) in [6.45, 7) is 2.97. The first kappa shape index (κ1) is 10.8. The zero-order chi connectivity index (χ0) is 12.0. The van der Waals surface area contributed by atoms with Crippen molar-refractivity contribution in [2.75, 3.05) is 0 Å². The Morgan fingerprint density at radius 2 is 2.18 bits per heavy atom. The Hall–Kier alpha value is -1.38. The molecule has 1 aromatic carbocycles. The van der Waals surface area contributed by atoms with Gasteiger partial charge in [-0.25, -0.2) is 4.39 Å². The molecular weight excluding hydrogens is 215 g/mol. The molecule has 0 saturated heterocycles. The van der Waals surface area contributed by atoms with Gasteiger partial charge in [0.2, 0.25) is 0 Å². The van der Waals surface area contributed by atoms with Gasteiger partial charge in [0.1, 0.15) is 11.7 Å². The van der Waals surface area contributed by atoms with Gasteiger partial charge in [0, 0.05) is 17.6 Å². The molecule has 2 aliphatic rings. The molecule has 3 heteroatoms. The van der Waals surface area contributed by atoms with E-state index in [0.29, 0.717) is 5.84 Å². The third-order valence-corrected chi connectivity index (χ3v) is 4.44. The molecule has 0 amide bonds. The van der Waals surface area contributed by atoms with Gasteiger partial charge in [0.05, 0.1) is 0 Å². The predicted octanol–water partition coefficient (Wildman–Crippen LogP) is 3.30. The standard InChI is InChI=1S/C14H17FN2/c1-2-14(6-3-7-14)17-9-10-4-5-11(15)8-12(10)13(17)16/h4-5,8,16H,2-3,6-7,9H2,1H3.